The number of nitrogens with zero attached hydrogens (tertiary/aromatic N) is 2. The first-order valence-electron chi connectivity index (χ1n) is 5.58. The number of primary sulfonamides is 1. The summed E-state index contributed by atoms with van der Waals surface area (Å²) in [5.41, 5.74) is 1.47. The minimum absolute atomic E-state index is 0.0902. The average Bonchev–Trinajstić information content (AvgIpc) is 2.83. The number of aromatic nitrogens is 2. The van der Waals surface area contributed by atoms with E-state index in [1.165, 1.54) is 18.3 Å². The van der Waals surface area contributed by atoms with Gasteiger partial charge in [0, 0.05) is 6.54 Å². The minimum Gasteiger partial charge on any atom is -0.328 e. The van der Waals surface area contributed by atoms with Crippen LogP contribution in [0.4, 0.5) is 0 Å². The van der Waals surface area contributed by atoms with Crippen LogP contribution >= 0.6 is 0 Å². The SMILES string of the molecule is NS(=O)(=O)c1ccc(CCn2cncc2C=O)cc1. The molecule has 0 unspecified atom stereocenters. The van der Waals surface area contributed by atoms with Gasteiger partial charge in [-0.15, -0.1) is 0 Å². The van der Waals surface area contributed by atoms with Crippen molar-refractivity contribution in [2.24, 2.45) is 5.14 Å². The largest absolute Gasteiger partial charge is 0.328 e. The van der Waals surface area contributed by atoms with Crippen LogP contribution in [-0.4, -0.2) is 24.3 Å². The van der Waals surface area contributed by atoms with E-state index < -0.39 is 10.0 Å². The van der Waals surface area contributed by atoms with E-state index in [0.29, 0.717) is 18.7 Å². The van der Waals surface area contributed by atoms with Crippen molar-refractivity contribution in [1.29, 1.82) is 0 Å². The lowest BCUT2D eigenvalue weighted by molar-refractivity contribution is 0.111. The minimum atomic E-state index is -3.65. The Morgan fingerprint density at radius 2 is 1.95 bits per heavy atom. The molecule has 19 heavy (non-hydrogen) atoms. The zero-order valence-corrected chi connectivity index (χ0v) is 10.9. The second-order valence-electron chi connectivity index (χ2n) is 4.07. The zero-order valence-electron chi connectivity index (χ0n) is 10.1. The van der Waals surface area contributed by atoms with E-state index in [-0.39, 0.29) is 4.90 Å². The molecule has 0 aliphatic rings. The van der Waals surface area contributed by atoms with E-state index in [4.69, 9.17) is 5.14 Å². The summed E-state index contributed by atoms with van der Waals surface area (Å²) < 4.78 is 23.9. The monoisotopic (exact) mass is 279 g/mol. The first-order valence-corrected chi connectivity index (χ1v) is 7.12. The van der Waals surface area contributed by atoms with Crippen LogP contribution in [0.3, 0.4) is 0 Å². The smallest absolute Gasteiger partial charge is 0.238 e. The maximum absolute atomic E-state index is 11.1. The Labute approximate surface area is 110 Å². The van der Waals surface area contributed by atoms with Crippen LogP contribution < -0.4 is 5.14 Å². The van der Waals surface area contributed by atoms with Crippen molar-refractivity contribution in [3.05, 3.63) is 48.0 Å². The summed E-state index contributed by atoms with van der Waals surface area (Å²) in [6, 6.07) is 6.35. The van der Waals surface area contributed by atoms with Crippen molar-refractivity contribution in [1.82, 2.24) is 9.55 Å². The molecule has 1 heterocycles. The number of aryl methyl sites for hydroxylation is 2. The van der Waals surface area contributed by atoms with Gasteiger partial charge in [0.15, 0.2) is 6.29 Å². The Morgan fingerprint density at radius 1 is 1.26 bits per heavy atom. The first-order chi connectivity index (χ1) is 9.00. The highest BCUT2D eigenvalue weighted by molar-refractivity contribution is 7.89. The summed E-state index contributed by atoms with van der Waals surface area (Å²) >= 11 is 0. The molecule has 7 heteroatoms. The van der Waals surface area contributed by atoms with Gasteiger partial charge in [-0.25, -0.2) is 18.5 Å². The molecule has 0 amide bonds. The Morgan fingerprint density at radius 3 is 2.53 bits per heavy atom. The van der Waals surface area contributed by atoms with Gasteiger partial charge in [-0.1, -0.05) is 12.1 Å². The van der Waals surface area contributed by atoms with Crippen LogP contribution in [0.15, 0.2) is 41.7 Å². The number of hydrogen-bond acceptors (Lipinski definition) is 4. The predicted octanol–water partition coefficient (Wildman–Crippen LogP) is 0.586. The fourth-order valence-corrected chi connectivity index (χ4v) is 2.23. The Balaban J connectivity index is 2.07. The van der Waals surface area contributed by atoms with Gasteiger partial charge in [-0.05, 0) is 24.1 Å². The molecule has 2 rings (SSSR count). The lowest BCUT2D eigenvalue weighted by atomic mass is 10.1. The molecule has 1 aromatic heterocycles. The number of sulfonamides is 1. The Kier molecular flexibility index (Phi) is 3.77. The molecule has 100 valence electrons. The molecule has 0 spiro atoms. The van der Waals surface area contributed by atoms with Gasteiger partial charge in [0.05, 0.1) is 17.4 Å². The highest BCUT2D eigenvalue weighted by Crippen LogP contribution is 2.10. The number of nitrogens with two attached hydrogens (primary N) is 1. The standard InChI is InChI=1S/C12H13N3O3S/c13-19(17,18)12-3-1-10(2-4-12)5-6-15-9-14-7-11(15)8-16/h1-4,7-9H,5-6H2,(H2,13,17,18). The van der Waals surface area contributed by atoms with Crippen molar-refractivity contribution in [3.8, 4) is 0 Å². The van der Waals surface area contributed by atoms with Crippen LogP contribution in [0, 0.1) is 0 Å². The third kappa shape index (κ3) is 3.27. The van der Waals surface area contributed by atoms with Crippen LogP contribution in [0.2, 0.25) is 0 Å². The summed E-state index contributed by atoms with van der Waals surface area (Å²) in [6.07, 6.45) is 4.50. The van der Waals surface area contributed by atoms with E-state index in [0.717, 1.165) is 11.8 Å². The molecular weight excluding hydrogens is 266 g/mol. The fraction of sp³-hybridized carbons (Fsp3) is 0.167. The zero-order chi connectivity index (χ0) is 13.9. The maximum atomic E-state index is 11.1. The predicted molar refractivity (Wildman–Crippen MR) is 69.1 cm³/mol. The molecule has 2 aromatic rings. The van der Waals surface area contributed by atoms with E-state index in [1.54, 1.807) is 23.0 Å². The average molecular weight is 279 g/mol. The second-order valence-corrected chi connectivity index (χ2v) is 5.63. The number of hydrogen-bond donors (Lipinski definition) is 1. The Bertz CT molecular complexity index is 675. The number of carbonyl (C=O) groups is 1. The fourth-order valence-electron chi connectivity index (χ4n) is 1.71. The van der Waals surface area contributed by atoms with Gasteiger partial charge in [-0.3, -0.25) is 4.79 Å². The number of imidazole rings is 1. The third-order valence-electron chi connectivity index (χ3n) is 2.76. The molecular formula is C12H13N3O3S. The highest BCUT2D eigenvalue weighted by Gasteiger charge is 2.07. The molecule has 0 aliphatic carbocycles. The van der Waals surface area contributed by atoms with Gasteiger partial charge in [0.2, 0.25) is 10.0 Å². The van der Waals surface area contributed by atoms with Crippen LogP contribution in [0.25, 0.3) is 0 Å². The van der Waals surface area contributed by atoms with Gasteiger partial charge in [-0.2, -0.15) is 0 Å². The number of rotatable bonds is 5. The number of carbonyl (C=O) groups excluding carboxylic acids is 1. The van der Waals surface area contributed by atoms with Crippen molar-refractivity contribution in [2.45, 2.75) is 17.9 Å². The van der Waals surface area contributed by atoms with Crippen molar-refractivity contribution in [2.75, 3.05) is 0 Å². The Hall–Kier alpha value is -1.99. The molecule has 0 saturated carbocycles. The first kappa shape index (κ1) is 13.4. The van der Waals surface area contributed by atoms with E-state index >= 15 is 0 Å². The molecule has 0 radical (unpaired) electrons. The van der Waals surface area contributed by atoms with Crippen molar-refractivity contribution >= 4 is 16.3 Å². The van der Waals surface area contributed by atoms with E-state index in [1.807, 2.05) is 0 Å². The maximum Gasteiger partial charge on any atom is 0.238 e. The van der Waals surface area contributed by atoms with E-state index in [2.05, 4.69) is 4.98 Å². The number of aldehydes is 1. The van der Waals surface area contributed by atoms with Crippen LogP contribution in [-0.2, 0) is 23.0 Å². The van der Waals surface area contributed by atoms with Gasteiger partial charge in [0.25, 0.3) is 0 Å². The lowest BCUT2D eigenvalue weighted by Crippen LogP contribution is -2.12. The molecule has 0 aliphatic heterocycles. The molecule has 2 N–H and O–H groups in total. The highest BCUT2D eigenvalue weighted by atomic mass is 32.2. The summed E-state index contributed by atoms with van der Waals surface area (Å²) in [4.78, 5) is 14.7. The van der Waals surface area contributed by atoms with Gasteiger partial charge >= 0.3 is 0 Å². The molecule has 6 nitrogen and oxygen atoms in total. The summed E-state index contributed by atoms with van der Waals surface area (Å²) in [6.45, 7) is 0.600. The number of benzene rings is 1. The topological polar surface area (TPSA) is 95.1 Å². The second kappa shape index (κ2) is 5.33. The summed E-state index contributed by atoms with van der Waals surface area (Å²) in [5, 5.41) is 5.02. The molecule has 0 atom stereocenters. The van der Waals surface area contributed by atoms with Crippen molar-refractivity contribution in [3.63, 3.8) is 0 Å². The van der Waals surface area contributed by atoms with E-state index in [9.17, 15) is 13.2 Å². The summed E-state index contributed by atoms with van der Waals surface area (Å²) in [5.74, 6) is 0. The molecule has 1 aromatic carbocycles. The molecule has 0 fully saturated rings. The van der Waals surface area contributed by atoms with Crippen LogP contribution in [0.1, 0.15) is 16.1 Å². The van der Waals surface area contributed by atoms with Crippen molar-refractivity contribution < 1.29 is 13.2 Å². The third-order valence-corrected chi connectivity index (χ3v) is 3.69. The van der Waals surface area contributed by atoms with Gasteiger partial charge in [0.1, 0.15) is 5.69 Å². The van der Waals surface area contributed by atoms with Crippen LogP contribution in [0.5, 0.6) is 0 Å². The normalized spacial score (nSPS) is 11.4. The lowest BCUT2D eigenvalue weighted by Gasteiger charge is -2.05. The quantitative estimate of drug-likeness (QED) is 0.810. The molecule has 0 saturated heterocycles. The summed E-state index contributed by atoms with van der Waals surface area (Å²) in [7, 11) is -3.65. The van der Waals surface area contributed by atoms with Gasteiger partial charge < -0.3 is 4.57 Å². The molecule has 0 bridgehead atoms.